The van der Waals surface area contributed by atoms with Gasteiger partial charge in [0.2, 0.25) is 0 Å². The van der Waals surface area contributed by atoms with E-state index in [2.05, 4.69) is 0 Å². The molecule has 0 aromatic heterocycles. The fourth-order valence-corrected chi connectivity index (χ4v) is 2.09. The molecule has 0 bridgehead atoms. The van der Waals surface area contributed by atoms with Crippen LogP contribution < -0.4 is 10.5 Å². The van der Waals surface area contributed by atoms with Crippen LogP contribution in [0.15, 0.2) is 48.5 Å². The standard InChI is InChI=1S/C16H16ClF2NO/c1-11(20)12-7-8-15(14(17)9-12)21-10-16(18,19)13-5-3-2-4-6-13/h2-9,11H,10,20H2,1H3/t11-/m0/s1. The first kappa shape index (κ1) is 15.7. The van der Waals surface area contributed by atoms with Crippen molar-refractivity contribution < 1.29 is 13.5 Å². The lowest BCUT2D eigenvalue weighted by molar-refractivity contribution is -0.0466. The number of nitrogens with two attached hydrogens (primary N) is 1. The molecule has 0 spiro atoms. The average Bonchev–Trinajstić information content (AvgIpc) is 2.46. The van der Waals surface area contributed by atoms with Gasteiger partial charge in [-0.05, 0) is 24.6 Å². The summed E-state index contributed by atoms with van der Waals surface area (Å²) in [6, 6.07) is 12.3. The summed E-state index contributed by atoms with van der Waals surface area (Å²) in [5.74, 6) is -2.86. The summed E-state index contributed by atoms with van der Waals surface area (Å²) in [6.45, 7) is 1.05. The molecule has 0 unspecified atom stereocenters. The highest BCUT2D eigenvalue weighted by atomic mass is 35.5. The Morgan fingerprint density at radius 2 is 1.86 bits per heavy atom. The maximum Gasteiger partial charge on any atom is 0.306 e. The molecular formula is C16H16ClF2NO. The van der Waals surface area contributed by atoms with E-state index in [9.17, 15) is 8.78 Å². The number of halogens is 3. The third-order valence-electron chi connectivity index (χ3n) is 3.09. The van der Waals surface area contributed by atoms with Crippen LogP contribution in [0.5, 0.6) is 5.75 Å². The zero-order valence-electron chi connectivity index (χ0n) is 11.5. The molecule has 0 fully saturated rings. The van der Waals surface area contributed by atoms with Crippen LogP contribution >= 0.6 is 11.6 Å². The monoisotopic (exact) mass is 311 g/mol. The van der Waals surface area contributed by atoms with Crippen LogP contribution in [0, 0.1) is 0 Å². The maximum absolute atomic E-state index is 14.0. The minimum Gasteiger partial charge on any atom is -0.485 e. The number of hydrogen-bond donors (Lipinski definition) is 1. The van der Waals surface area contributed by atoms with Crippen LogP contribution in [-0.4, -0.2) is 6.61 Å². The van der Waals surface area contributed by atoms with Gasteiger partial charge in [0.25, 0.3) is 0 Å². The lowest BCUT2D eigenvalue weighted by atomic mass is 10.1. The van der Waals surface area contributed by atoms with E-state index in [-0.39, 0.29) is 22.4 Å². The Morgan fingerprint density at radius 3 is 2.43 bits per heavy atom. The smallest absolute Gasteiger partial charge is 0.306 e. The number of rotatable bonds is 5. The molecule has 0 radical (unpaired) electrons. The van der Waals surface area contributed by atoms with Gasteiger partial charge in [-0.1, -0.05) is 48.0 Å². The van der Waals surface area contributed by atoms with Crippen molar-refractivity contribution in [3.05, 3.63) is 64.7 Å². The molecule has 2 N–H and O–H groups in total. The van der Waals surface area contributed by atoms with Crippen LogP contribution in [0.4, 0.5) is 8.78 Å². The van der Waals surface area contributed by atoms with Crippen molar-refractivity contribution in [1.29, 1.82) is 0 Å². The van der Waals surface area contributed by atoms with Gasteiger partial charge in [0.05, 0.1) is 5.02 Å². The second-order valence-electron chi connectivity index (χ2n) is 4.84. The lowest BCUT2D eigenvalue weighted by Crippen LogP contribution is -2.23. The summed E-state index contributed by atoms with van der Waals surface area (Å²) in [7, 11) is 0. The van der Waals surface area contributed by atoms with Gasteiger partial charge >= 0.3 is 5.92 Å². The fraction of sp³-hybridized carbons (Fsp3) is 0.250. The van der Waals surface area contributed by atoms with Crippen molar-refractivity contribution in [2.24, 2.45) is 5.73 Å². The SMILES string of the molecule is C[C@H](N)c1ccc(OCC(F)(F)c2ccccc2)c(Cl)c1. The highest BCUT2D eigenvalue weighted by Gasteiger charge is 2.32. The Bertz CT molecular complexity index is 602. The zero-order chi connectivity index (χ0) is 15.5. The third-order valence-corrected chi connectivity index (χ3v) is 3.38. The van der Waals surface area contributed by atoms with E-state index >= 15 is 0 Å². The van der Waals surface area contributed by atoms with E-state index in [1.807, 2.05) is 6.92 Å². The molecule has 5 heteroatoms. The van der Waals surface area contributed by atoms with Gasteiger partial charge in [-0.3, -0.25) is 0 Å². The molecule has 0 amide bonds. The molecule has 0 aliphatic carbocycles. The molecule has 0 aliphatic rings. The van der Waals surface area contributed by atoms with Crippen molar-refractivity contribution in [3.8, 4) is 5.75 Å². The summed E-state index contributed by atoms with van der Waals surface area (Å²) in [4.78, 5) is 0. The van der Waals surface area contributed by atoms with Crippen molar-refractivity contribution in [1.82, 2.24) is 0 Å². The van der Waals surface area contributed by atoms with Crippen molar-refractivity contribution in [3.63, 3.8) is 0 Å². The quantitative estimate of drug-likeness (QED) is 0.880. The Labute approximate surface area is 127 Å². The molecular weight excluding hydrogens is 296 g/mol. The molecule has 0 saturated heterocycles. The first-order chi connectivity index (χ1) is 9.90. The largest absolute Gasteiger partial charge is 0.485 e. The fourth-order valence-electron chi connectivity index (χ4n) is 1.85. The Morgan fingerprint density at radius 1 is 1.19 bits per heavy atom. The molecule has 21 heavy (non-hydrogen) atoms. The highest BCUT2D eigenvalue weighted by Crippen LogP contribution is 2.32. The summed E-state index contributed by atoms with van der Waals surface area (Å²) < 4.78 is 33.2. The first-order valence-corrected chi connectivity index (χ1v) is 6.89. The lowest BCUT2D eigenvalue weighted by Gasteiger charge is -2.18. The van der Waals surface area contributed by atoms with E-state index in [0.29, 0.717) is 0 Å². The molecule has 2 rings (SSSR count). The van der Waals surface area contributed by atoms with Gasteiger partial charge in [-0.15, -0.1) is 0 Å². The van der Waals surface area contributed by atoms with Crippen LogP contribution in [0.1, 0.15) is 24.1 Å². The Kier molecular flexibility index (Phi) is 4.80. The second-order valence-corrected chi connectivity index (χ2v) is 5.24. The number of ether oxygens (including phenoxy) is 1. The van der Waals surface area contributed by atoms with Gasteiger partial charge in [-0.2, -0.15) is 8.78 Å². The van der Waals surface area contributed by atoms with E-state index in [0.717, 1.165) is 5.56 Å². The molecule has 0 saturated carbocycles. The summed E-state index contributed by atoms with van der Waals surface area (Å²) >= 11 is 6.02. The van der Waals surface area contributed by atoms with Crippen LogP contribution in [0.25, 0.3) is 0 Å². The van der Waals surface area contributed by atoms with E-state index in [1.165, 1.54) is 12.1 Å². The highest BCUT2D eigenvalue weighted by molar-refractivity contribution is 6.32. The van der Waals surface area contributed by atoms with Crippen LogP contribution in [0.3, 0.4) is 0 Å². The minimum atomic E-state index is -3.08. The molecule has 2 nitrogen and oxygen atoms in total. The molecule has 2 aromatic carbocycles. The van der Waals surface area contributed by atoms with Crippen molar-refractivity contribution in [2.75, 3.05) is 6.61 Å². The normalized spacial score (nSPS) is 13.0. The van der Waals surface area contributed by atoms with Gasteiger partial charge in [0.1, 0.15) is 5.75 Å². The summed E-state index contributed by atoms with van der Waals surface area (Å²) in [5, 5.41) is 0.272. The van der Waals surface area contributed by atoms with Crippen LogP contribution in [-0.2, 0) is 5.92 Å². The van der Waals surface area contributed by atoms with E-state index in [1.54, 1.807) is 36.4 Å². The predicted octanol–water partition coefficient (Wildman–Crippen LogP) is 4.53. The first-order valence-electron chi connectivity index (χ1n) is 6.51. The topological polar surface area (TPSA) is 35.2 Å². The maximum atomic E-state index is 14.0. The summed E-state index contributed by atoms with van der Waals surface area (Å²) in [5.41, 5.74) is 6.46. The Hall–Kier alpha value is -1.65. The minimum absolute atomic E-state index is 0.0895. The molecule has 2 aromatic rings. The van der Waals surface area contributed by atoms with Crippen molar-refractivity contribution >= 4 is 11.6 Å². The predicted molar refractivity (Wildman–Crippen MR) is 79.9 cm³/mol. The second kappa shape index (κ2) is 6.41. The number of alkyl halides is 2. The molecule has 0 heterocycles. The Balaban J connectivity index is 2.09. The van der Waals surface area contributed by atoms with E-state index in [4.69, 9.17) is 22.1 Å². The molecule has 0 aliphatic heterocycles. The van der Waals surface area contributed by atoms with Crippen molar-refractivity contribution in [2.45, 2.75) is 18.9 Å². The number of benzene rings is 2. The molecule has 1 atom stereocenters. The van der Waals surface area contributed by atoms with Gasteiger partial charge < -0.3 is 10.5 Å². The van der Waals surface area contributed by atoms with Gasteiger partial charge in [0, 0.05) is 11.6 Å². The number of hydrogen-bond acceptors (Lipinski definition) is 2. The average molecular weight is 312 g/mol. The third kappa shape index (κ3) is 3.93. The van der Waals surface area contributed by atoms with Gasteiger partial charge in [0.15, 0.2) is 6.61 Å². The van der Waals surface area contributed by atoms with E-state index < -0.39 is 12.5 Å². The van der Waals surface area contributed by atoms with Gasteiger partial charge in [-0.25, -0.2) is 0 Å². The summed E-state index contributed by atoms with van der Waals surface area (Å²) in [6.07, 6.45) is 0. The zero-order valence-corrected chi connectivity index (χ0v) is 12.3. The molecule has 112 valence electrons. The van der Waals surface area contributed by atoms with Crippen LogP contribution in [0.2, 0.25) is 5.02 Å².